The second-order valence-electron chi connectivity index (χ2n) is 5.42. The fourth-order valence-electron chi connectivity index (χ4n) is 2.70. The Morgan fingerprint density at radius 3 is 3.00 bits per heavy atom. The molecule has 2 rings (SSSR count). The molecule has 1 aliphatic heterocycles. The molecule has 1 aromatic carbocycles. The van der Waals surface area contributed by atoms with Gasteiger partial charge in [0.1, 0.15) is 0 Å². The van der Waals surface area contributed by atoms with Gasteiger partial charge in [-0.25, -0.2) is 0 Å². The molecule has 1 fully saturated rings. The zero-order chi connectivity index (χ0) is 13.8. The number of piperidine rings is 1. The standard InChI is InChI=1S/C15H20BrNO2/c1-11-4-5-13(7-14(11)16)10-17-6-2-3-12(9-17)8-15(18)19/h4-5,7,12H,2-3,6,8-10H2,1H3,(H,18,19). The largest absolute Gasteiger partial charge is 0.481 e. The van der Waals surface area contributed by atoms with E-state index in [0.717, 1.165) is 36.9 Å². The van der Waals surface area contributed by atoms with E-state index in [-0.39, 0.29) is 0 Å². The molecule has 0 radical (unpaired) electrons. The highest BCUT2D eigenvalue weighted by molar-refractivity contribution is 9.10. The van der Waals surface area contributed by atoms with E-state index in [0.29, 0.717) is 12.3 Å². The van der Waals surface area contributed by atoms with Crippen molar-refractivity contribution in [1.82, 2.24) is 4.90 Å². The van der Waals surface area contributed by atoms with Crippen LogP contribution in [0.2, 0.25) is 0 Å². The van der Waals surface area contributed by atoms with Gasteiger partial charge in [0.15, 0.2) is 0 Å². The molecule has 104 valence electrons. The summed E-state index contributed by atoms with van der Waals surface area (Å²) in [6.07, 6.45) is 2.44. The molecule has 1 N–H and O–H groups in total. The van der Waals surface area contributed by atoms with Gasteiger partial charge in [-0.1, -0.05) is 28.1 Å². The van der Waals surface area contributed by atoms with Crippen molar-refractivity contribution in [3.05, 3.63) is 33.8 Å². The number of likely N-dealkylation sites (tertiary alicyclic amines) is 1. The predicted octanol–water partition coefficient (Wildman–Crippen LogP) is 3.44. The number of rotatable bonds is 4. The quantitative estimate of drug-likeness (QED) is 0.921. The van der Waals surface area contributed by atoms with Crippen molar-refractivity contribution < 1.29 is 9.90 Å². The Labute approximate surface area is 122 Å². The maximum atomic E-state index is 10.8. The number of aryl methyl sites for hydroxylation is 1. The fourth-order valence-corrected chi connectivity index (χ4v) is 3.13. The monoisotopic (exact) mass is 325 g/mol. The van der Waals surface area contributed by atoms with Gasteiger partial charge in [0, 0.05) is 24.0 Å². The zero-order valence-electron chi connectivity index (χ0n) is 11.2. The Hall–Kier alpha value is -0.870. The van der Waals surface area contributed by atoms with Crippen LogP contribution in [-0.2, 0) is 11.3 Å². The first-order valence-corrected chi connectivity index (χ1v) is 7.53. The maximum Gasteiger partial charge on any atom is 0.303 e. The van der Waals surface area contributed by atoms with Crippen LogP contribution in [0.5, 0.6) is 0 Å². The maximum absolute atomic E-state index is 10.8. The van der Waals surface area contributed by atoms with E-state index in [1.807, 2.05) is 0 Å². The van der Waals surface area contributed by atoms with Gasteiger partial charge >= 0.3 is 5.97 Å². The Morgan fingerprint density at radius 2 is 2.32 bits per heavy atom. The van der Waals surface area contributed by atoms with Crippen LogP contribution in [-0.4, -0.2) is 29.1 Å². The molecule has 0 spiro atoms. The molecule has 1 saturated heterocycles. The number of benzene rings is 1. The van der Waals surface area contributed by atoms with Gasteiger partial charge in [-0.05, 0) is 49.4 Å². The van der Waals surface area contributed by atoms with Crippen LogP contribution in [0.15, 0.2) is 22.7 Å². The van der Waals surface area contributed by atoms with Crippen molar-refractivity contribution in [1.29, 1.82) is 0 Å². The molecule has 19 heavy (non-hydrogen) atoms. The molecule has 4 heteroatoms. The van der Waals surface area contributed by atoms with Crippen LogP contribution in [0.3, 0.4) is 0 Å². The first-order chi connectivity index (χ1) is 9.04. The summed E-state index contributed by atoms with van der Waals surface area (Å²) in [5.41, 5.74) is 2.53. The lowest BCUT2D eigenvalue weighted by molar-refractivity contribution is -0.138. The first-order valence-electron chi connectivity index (χ1n) is 6.74. The number of halogens is 1. The van der Waals surface area contributed by atoms with Gasteiger partial charge in [0.25, 0.3) is 0 Å². The second kappa shape index (κ2) is 6.53. The van der Waals surface area contributed by atoms with Crippen LogP contribution < -0.4 is 0 Å². The smallest absolute Gasteiger partial charge is 0.303 e. The normalized spacial score (nSPS) is 20.4. The Bertz CT molecular complexity index is 461. The van der Waals surface area contributed by atoms with Gasteiger partial charge in [0.05, 0.1) is 0 Å². The highest BCUT2D eigenvalue weighted by Crippen LogP contribution is 2.23. The SMILES string of the molecule is Cc1ccc(CN2CCCC(CC(=O)O)C2)cc1Br. The summed E-state index contributed by atoms with van der Waals surface area (Å²) >= 11 is 3.56. The van der Waals surface area contributed by atoms with Crippen LogP contribution in [0.25, 0.3) is 0 Å². The van der Waals surface area contributed by atoms with Gasteiger partial charge in [0.2, 0.25) is 0 Å². The van der Waals surface area contributed by atoms with Crippen LogP contribution >= 0.6 is 15.9 Å². The first kappa shape index (κ1) is 14.5. The van der Waals surface area contributed by atoms with Crippen molar-refractivity contribution in [3.8, 4) is 0 Å². The predicted molar refractivity (Wildman–Crippen MR) is 79.1 cm³/mol. The molecule has 1 atom stereocenters. The van der Waals surface area contributed by atoms with Crippen molar-refractivity contribution >= 4 is 21.9 Å². The number of hydrogen-bond acceptors (Lipinski definition) is 2. The lowest BCUT2D eigenvalue weighted by Crippen LogP contribution is -2.35. The summed E-state index contributed by atoms with van der Waals surface area (Å²) in [5.74, 6) is -0.370. The second-order valence-corrected chi connectivity index (χ2v) is 6.28. The van der Waals surface area contributed by atoms with Crippen molar-refractivity contribution in [2.45, 2.75) is 32.7 Å². The third kappa shape index (κ3) is 4.32. The average Bonchev–Trinajstić information content (AvgIpc) is 2.33. The number of carbonyl (C=O) groups is 1. The lowest BCUT2D eigenvalue weighted by Gasteiger charge is -2.32. The highest BCUT2D eigenvalue weighted by Gasteiger charge is 2.22. The van der Waals surface area contributed by atoms with Gasteiger partial charge < -0.3 is 5.11 Å². The van der Waals surface area contributed by atoms with E-state index in [9.17, 15) is 4.79 Å². The molecule has 1 aromatic rings. The topological polar surface area (TPSA) is 40.5 Å². The Balaban J connectivity index is 1.94. The third-order valence-corrected chi connectivity index (χ3v) is 4.56. The number of carboxylic acid groups (broad SMARTS) is 1. The summed E-state index contributed by atoms with van der Waals surface area (Å²) in [6.45, 7) is 4.96. The van der Waals surface area contributed by atoms with Crippen LogP contribution in [0.1, 0.15) is 30.4 Å². The van der Waals surface area contributed by atoms with Crippen molar-refractivity contribution in [2.75, 3.05) is 13.1 Å². The number of carboxylic acids is 1. The van der Waals surface area contributed by atoms with Crippen LogP contribution in [0, 0.1) is 12.8 Å². The van der Waals surface area contributed by atoms with Gasteiger partial charge in [-0.3, -0.25) is 9.69 Å². The van der Waals surface area contributed by atoms with Crippen molar-refractivity contribution in [3.63, 3.8) is 0 Å². The highest BCUT2D eigenvalue weighted by atomic mass is 79.9. The number of nitrogens with zero attached hydrogens (tertiary/aromatic N) is 1. The third-order valence-electron chi connectivity index (χ3n) is 3.71. The van der Waals surface area contributed by atoms with E-state index in [1.54, 1.807) is 0 Å². The molecule has 1 aliphatic rings. The van der Waals surface area contributed by atoms with E-state index < -0.39 is 5.97 Å². The molecule has 1 heterocycles. The van der Waals surface area contributed by atoms with E-state index in [1.165, 1.54) is 11.1 Å². The summed E-state index contributed by atoms with van der Waals surface area (Å²) in [4.78, 5) is 13.2. The fraction of sp³-hybridized carbons (Fsp3) is 0.533. The summed E-state index contributed by atoms with van der Waals surface area (Å²) in [5, 5.41) is 8.88. The number of aliphatic carboxylic acids is 1. The van der Waals surface area contributed by atoms with Gasteiger partial charge in [-0.2, -0.15) is 0 Å². The lowest BCUT2D eigenvalue weighted by atomic mass is 9.94. The molecule has 0 amide bonds. The van der Waals surface area contributed by atoms with E-state index in [4.69, 9.17) is 5.11 Å². The number of hydrogen-bond donors (Lipinski definition) is 1. The summed E-state index contributed by atoms with van der Waals surface area (Å²) in [7, 11) is 0. The molecule has 0 aliphatic carbocycles. The molecule has 3 nitrogen and oxygen atoms in total. The Morgan fingerprint density at radius 1 is 1.53 bits per heavy atom. The van der Waals surface area contributed by atoms with Gasteiger partial charge in [-0.15, -0.1) is 0 Å². The molecule has 0 aromatic heterocycles. The van der Waals surface area contributed by atoms with E-state index >= 15 is 0 Å². The average molecular weight is 326 g/mol. The molecular weight excluding hydrogens is 306 g/mol. The minimum absolute atomic E-state index is 0.300. The molecule has 0 bridgehead atoms. The van der Waals surface area contributed by atoms with Crippen molar-refractivity contribution in [2.24, 2.45) is 5.92 Å². The Kier molecular flexibility index (Phi) is 4.99. The molecule has 1 unspecified atom stereocenters. The summed E-state index contributed by atoms with van der Waals surface area (Å²) < 4.78 is 1.14. The van der Waals surface area contributed by atoms with Crippen LogP contribution in [0.4, 0.5) is 0 Å². The summed E-state index contributed by atoms with van der Waals surface area (Å²) in [6, 6.07) is 6.44. The minimum atomic E-state index is -0.676. The molecular formula is C15H20BrNO2. The minimum Gasteiger partial charge on any atom is -0.481 e. The molecule has 0 saturated carbocycles. The van der Waals surface area contributed by atoms with E-state index in [2.05, 4.69) is 46.0 Å². The zero-order valence-corrected chi connectivity index (χ0v) is 12.8.